The highest BCUT2D eigenvalue weighted by Crippen LogP contribution is 2.39. The molecule has 4 rings (SSSR count). The van der Waals surface area contributed by atoms with Gasteiger partial charge in [-0.15, -0.1) is 0 Å². The number of unbranched alkanes of at least 4 members (excludes halogenated alkanes) is 1. The summed E-state index contributed by atoms with van der Waals surface area (Å²) >= 11 is 6.73. The van der Waals surface area contributed by atoms with Crippen LogP contribution >= 0.6 is 11.6 Å². The van der Waals surface area contributed by atoms with E-state index in [1.54, 1.807) is 19.1 Å². The number of imidazole rings is 1. The Bertz CT molecular complexity index is 1210. The van der Waals surface area contributed by atoms with Crippen LogP contribution in [0.25, 0.3) is 22.3 Å². The number of benzene rings is 2. The molecule has 6 heteroatoms. The van der Waals surface area contributed by atoms with E-state index in [-0.39, 0.29) is 0 Å². The first kappa shape index (κ1) is 21.2. The molecule has 0 saturated carbocycles. The standard InChI is InChI=1S/C25H25ClN2O3/c1-3-5-10-22-27-13-14-28(22)16-17-11-12-21-20(15-17)23(26)24(31-21)18-8-6-7-9-19(18)25(29)30-4-2/h6-9,11-15H,3-5,10,16H2,1-2H3. The van der Waals surface area contributed by atoms with Gasteiger partial charge in [-0.3, -0.25) is 0 Å². The van der Waals surface area contributed by atoms with Crippen molar-refractivity contribution in [1.82, 2.24) is 9.55 Å². The molecule has 31 heavy (non-hydrogen) atoms. The van der Waals surface area contributed by atoms with Crippen LogP contribution in [-0.4, -0.2) is 22.1 Å². The van der Waals surface area contributed by atoms with E-state index in [4.69, 9.17) is 20.8 Å². The molecule has 160 valence electrons. The number of ether oxygens (including phenoxy) is 1. The lowest BCUT2D eigenvalue weighted by Crippen LogP contribution is -2.06. The van der Waals surface area contributed by atoms with Gasteiger partial charge in [-0.1, -0.05) is 49.2 Å². The van der Waals surface area contributed by atoms with Gasteiger partial charge in [0.15, 0.2) is 5.76 Å². The Morgan fingerprint density at radius 2 is 2.03 bits per heavy atom. The second-order valence-electron chi connectivity index (χ2n) is 7.42. The number of rotatable bonds is 8. The summed E-state index contributed by atoms with van der Waals surface area (Å²) in [7, 11) is 0. The Hall–Kier alpha value is -3.05. The molecule has 0 atom stereocenters. The van der Waals surface area contributed by atoms with E-state index in [1.807, 2.05) is 42.7 Å². The third kappa shape index (κ3) is 4.37. The fraction of sp³-hybridized carbons (Fsp3) is 0.280. The van der Waals surface area contributed by atoms with Gasteiger partial charge in [0.25, 0.3) is 0 Å². The minimum atomic E-state index is -0.393. The first-order valence-electron chi connectivity index (χ1n) is 10.6. The second-order valence-corrected chi connectivity index (χ2v) is 7.79. The molecule has 2 aromatic carbocycles. The van der Waals surface area contributed by atoms with E-state index >= 15 is 0 Å². The minimum Gasteiger partial charge on any atom is -0.462 e. The molecule has 2 heterocycles. The average molecular weight is 437 g/mol. The number of halogens is 1. The van der Waals surface area contributed by atoms with Gasteiger partial charge in [0.05, 0.1) is 17.2 Å². The molecule has 0 aliphatic rings. The third-order valence-corrected chi connectivity index (χ3v) is 5.64. The highest BCUT2D eigenvalue weighted by Gasteiger charge is 2.21. The quantitative estimate of drug-likeness (QED) is 0.295. The molecular formula is C25H25ClN2O3. The first-order valence-corrected chi connectivity index (χ1v) is 11.0. The molecule has 0 N–H and O–H groups in total. The van der Waals surface area contributed by atoms with Crippen molar-refractivity contribution in [3.05, 3.63) is 76.8 Å². The van der Waals surface area contributed by atoms with Gasteiger partial charge in [-0.05, 0) is 37.1 Å². The molecule has 5 nitrogen and oxygen atoms in total. The lowest BCUT2D eigenvalue weighted by molar-refractivity contribution is 0.0527. The Balaban J connectivity index is 1.69. The smallest absolute Gasteiger partial charge is 0.338 e. The molecule has 0 amide bonds. The lowest BCUT2D eigenvalue weighted by Gasteiger charge is -2.08. The molecule has 0 radical (unpaired) electrons. The maximum atomic E-state index is 12.4. The third-order valence-electron chi connectivity index (χ3n) is 5.27. The van der Waals surface area contributed by atoms with Crippen LogP contribution in [0.1, 0.15) is 48.4 Å². The van der Waals surface area contributed by atoms with E-state index in [2.05, 4.69) is 16.5 Å². The molecule has 0 bridgehead atoms. The number of furan rings is 1. The predicted molar refractivity (Wildman–Crippen MR) is 123 cm³/mol. The molecule has 0 fully saturated rings. The summed E-state index contributed by atoms with van der Waals surface area (Å²) in [6.45, 7) is 4.98. The van der Waals surface area contributed by atoms with Crippen LogP contribution in [0.3, 0.4) is 0 Å². The summed E-state index contributed by atoms with van der Waals surface area (Å²) in [6, 6.07) is 13.2. The summed E-state index contributed by atoms with van der Waals surface area (Å²) in [5.41, 5.74) is 2.85. The van der Waals surface area contributed by atoms with Crippen LogP contribution in [0.5, 0.6) is 0 Å². The van der Waals surface area contributed by atoms with Gasteiger partial charge in [0, 0.05) is 36.3 Å². The van der Waals surface area contributed by atoms with Crippen molar-refractivity contribution in [3.63, 3.8) is 0 Å². The Kier molecular flexibility index (Phi) is 6.42. The SMILES string of the molecule is CCCCc1nccn1Cc1ccc2oc(-c3ccccc3C(=O)OCC)c(Cl)c2c1. The summed E-state index contributed by atoms with van der Waals surface area (Å²) in [6.07, 6.45) is 7.07. The Morgan fingerprint density at radius 1 is 1.19 bits per heavy atom. The maximum Gasteiger partial charge on any atom is 0.338 e. The van der Waals surface area contributed by atoms with E-state index in [0.29, 0.717) is 40.6 Å². The van der Waals surface area contributed by atoms with Gasteiger partial charge in [0.1, 0.15) is 11.4 Å². The van der Waals surface area contributed by atoms with Crippen molar-refractivity contribution in [2.24, 2.45) is 0 Å². The molecule has 0 aliphatic heterocycles. The molecule has 0 saturated heterocycles. The first-order chi connectivity index (χ1) is 15.1. The number of hydrogen-bond acceptors (Lipinski definition) is 4. The summed E-state index contributed by atoms with van der Waals surface area (Å²) < 4.78 is 13.4. The molecular weight excluding hydrogens is 412 g/mol. The van der Waals surface area contributed by atoms with E-state index in [1.165, 1.54) is 0 Å². The van der Waals surface area contributed by atoms with Crippen LogP contribution in [0.4, 0.5) is 0 Å². The number of aryl methyl sites for hydroxylation is 1. The molecule has 4 aromatic rings. The molecule has 0 spiro atoms. The number of aromatic nitrogens is 2. The van der Waals surface area contributed by atoms with Crippen LogP contribution in [0.15, 0.2) is 59.3 Å². The van der Waals surface area contributed by atoms with Gasteiger partial charge >= 0.3 is 5.97 Å². The molecule has 2 aromatic heterocycles. The van der Waals surface area contributed by atoms with Crippen molar-refractivity contribution in [2.45, 2.75) is 39.7 Å². The largest absolute Gasteiger partial charge is 0.462 e. The molecule has 0 aliphatic carbocycles. The zero-order valence-corrected chi connectivity index (χ0v) is 18.5. The monoisotopic (exact) mass is 436 g/mol. The summed E-state index contributed by atoms with van der Waals surface area (Å²) in [5.74, 6) is 1.17. The molecule has 0 unspecified atom stereocenters. The normalized spacial score (nSPS) is 11.2. The fourth-order valence-corrected chi connectivity index (χ4v) is 3.99. The highest BCUT2D eigenvalue weighted by atomic mass is 35.5. The highest BCUT2D eigenvalue weighted by molar-refractivity contribution is 6.38. The van der Waals surface area contributed by atoms with Gasteiger partial charge < -0.3 is 13.7 Å². The van der Waals surface area contributed by atoms with Crippen molar-refractivity contribution in [1.29, 1.82) is 0 Å². The van der Waals surface area contributed by atoms with Crippen molar-refractivity contribution >= 4 is 28.5 Å². The Labute approximate surface area is 186 Å². The maximum absolute atomic E-state index is 12.4. The lowest BCUT2D eigenvalue weighted by atomic mass is 10.0. The van der Waals surface area contributed by atoms with Gasteiger partial charge in [-0.2, -0.15) is 0 Å². The van der Waals surface area contributed by atoms with E-state index in [0.717, 1.165) is 36.0 Å². The Morgan fingerprint density at radius 3 is 2.84 bits per heavy atom. The van der Waals surface area contributed by atoms with Crippen molar-refractivity contribution in [2.75, 3.05) is 6.61 Å². The van der Waals surface area contributed by atoms with Crippen LogP contribution in [0, 0.1) is 0 Å². The topological polar surface area (TPSA) is 57.3 Å². The minimum absolute atomic E-state index is 0.304. The zero-order valence-electron chi connectivity index (χ0n) is 17.7. The van der Waals surface area contributed by atoms with Crippen molar-refractivity contribution < 1.29 is 13.9 Å². The fourth-order valence-electron chi connectivity index (χ4n) is 3.70. The summed E-state index contributed by atoms with van der Waals surface area (Å²) in [4.78, 5) is 16.9. The number of nitrogens with zero attached hydrogens (tertiary/aromatic N) is 2. The second kappa shape index (κ2) is 9.40. The number of hydrogen-bond donors (Lipinski definition) is 0. The number of fused-ring (bicyclic) bond motifs is 1. The van der Waals surface area contributed by atoms with Crippen LogP contribution in [-0.2, 0) is 17.7 Å². The van der Waals surface area contributed by atoms with E-state index < -0.39 is 5.97 Å². The van der Waals surface area contributed by atoms with Gasteiger partial charge in [-0.25, -0.2) is 9.78 Å². The number of carbonyl (C=O) groups excluding carboxylic acids is 1. The number of esters is 1. The average Bonchev–Trinajstić information content (AvgIpc) is 3.36. The zero-order chi connectivity index (χ0) is 21.8. The number of carbonyl (C=O) groups is 1. The van der Waals surface area contributed by atoms with Crippen LogP contribution in [0.2, 0.25) is 5.02 Å². The predicted octanol–water partition coefficient (Wildman–Crippen LogP) is 6.52. The van der Waals surface area contributed by atoms with Crippen LogP contribution < -0.4 is 0 Å². The van der Waals surface area contributed by atoms with Crippen molar-refractivity contribution in [3.8, 4) is 11.3 Å². The summed E-state index contributed by atoms with van der Waals surface area (Å²) in [5, 5.41) is 1.31. The van der Waals surface area contributed by atoms with Gasteiger partial charge in [0.2, 0.25) is 0 Å². The van der Waals surface area contributed by atoms with E-state index in [9.17, 15) is 4.79 Å².